The Bertz CT molecular complexity index is 1730. The van der Waals surface area contributed by atoms with Crippen molar-refractivity contribution in [2.75, 3.05) is 159 Å². The van der Waals surface area contributed by atoms with Gasteiger partial charge in [-0.3, -0.25) is 28.7 Å². The summed E-state index contributed by atoms with van der Waals surface area (Å²) in [6.07, 6.45) is 2.26. The number of carbonyl (C=O) groups excluding carboxylic acids is 4. The SMILES string of the molecule is CC[N+](C)(CCNC(=O)CCCCC(=O)NCC[N+](C)(CCNC(=O)CCCCC(=O)NCC[N+](C)(CC[N+](C)(C)CS(=O)(=O)[O-])COS(=O)[O-])CS(=O)(=O)[O-])CC[N+](C)(C)CSOO[O-]. The van der Waals surface area contributed by atoms with Crippen LogP contribution in [0.15, 0.2) is 0 Å². The Labute approximate surface area is 399 Å². The van der Waals surface area contributed by atoms with Crippen LogP contribution >= 0.6 is 12.0 Å². The van der Waals surface area contributed by atoms with Gasteiger partial charge in [0.25, 0.3) is 0 Å². The lowest BCUT2D eigenvalue weighted by molar-refractivity contribution is -0.959. The standard InChI is InChI=1S/C37H77N9O16S4/c1-9-44(6,28-26-42(2,3)31-63-62-61-51)22-18-38-34(47)14-10-12-16-36(49)40-20-24-46(8,33-66(57,58)59)25-21-41-37(50)17-13-11-15-35(48)39-19-23-45(7,30-60-64(52)53)29-27-43(4,5)32-65(54,55)56/h9-33H2,1-8H3,(H3-5,38,39,40,41,47,48,49,50,51,52,53,54,55,56,57,58,59)/p+1. The molecular formula is C37H78N9O16S4+. The quantitative estimate of drug-likeness (QED) is 0.00682. The Hall–Kier alpha value is -2.20. The Morgan fingerprint density at radius 3 is 1.29 bits per heavy atom. The van der Waals surface area contributed by atoms with Crippen LogP contribution in [0.25, 0.3) is 0 Å². The van der Waals surface area contributed by atoms with Crippen molar-refractivity contribution in [3.63, 3.8) is 0 Å². The second-order valence-electron chi connectivity index (χ2n) is 18.9. The average Bonchev–Trinajstić information content (AvgIpc) is 3.17. The van der Waals surface area contributed by atoms with Gasteiger partial charge in [0.05, 0.1) is 132 Å². The number of rotatable bonds is 40. The molecule has 66 heavy (non-hydrogen) atoms. The van der Waals surface area contributed by atoms with Crippen molar-refractivity contribution < 1.29 is 95.1 Å². The fraction of sp³-hybridized carbons (Fsp3) is 0.892. The zero-order valence-corrected chi connectivity index (χ0v) is 43.3. The summed E-state index contributed by atoms with van der Waals surface area (Å²) in [5, 5.41) is 24.6. The van der Waals surface area contributed by atoms with E-state index in [0.29, 0.717) is 42.6 Å². The Balaban J connectivity index is 4.62. The number of likely N-dealkylation sites (N-methyl/N-ethyl adjacent to an activating group) is 5. The van der Waals surface area contributed by atoms with E-state index in [1.807, 2.05) is 14.1 Å². The molecule has 0 fully saturated rings. The highest BCUT2D eigenvalue weighted by Gasteiger charge is 2.30. The summed E-state index contributed by atoms with van der Waals surface area (Å²) >= 11 is -1.86. The second kappa shape index (κ2) is 31.1. The van der Waals surface area contributed by atoms with Gasteiger partial charge in [0.15, 0.2) is 24.4 Å². The molecule has 0 saturated heterocycles. The summed E-state index contributed by atoms with van der Waals surface area (Å²) < 4.78 is 101. The van der Waals surface area contributed by atoms with Crippen LogP contribution < -0.4 is 26.5 Å². The molecule has 4 amide bonds. The molecule has 0 aliphatic heterocycles. The van der Waals surface area contributed by atoms with E-state index in [1.54, 1.807) is 21.1 Å². The molecule has 0 bridgehead atoms. The van der Waals surface area contributed by atoms with Crippen LogP contribution in [0.2, 0.25) is 0 Å². The van der Waals surface area contributed by atoms with Gasteiger partial charge in [-0.25, -0.2) is 25.2 Å². The predicted octanol–water partition coefficient (Wildman–Crippen LogP) is -3.31. The van der Waals surface area contributed by atoms with Crippen molar-refractivity contribution in [2.24, 2.45) is 0 Å². The Kier molecular flexibility index (Phi) is 30.1. The number of nitrogens with one attached hydrogen (secondary N) is 4. The summed E-state index contributed by atoms with van der Waals surface area (Å²) in [7, 11) is 3.30. The molecule has 4 unspecified atom stereocenters. The number of nitrogens with zero attached hydrogens (tertiary/aromatic N) is 5. The van der Waals surface area contributed by atoms with Crippen molar-refractivity contribution in [1.82, 2.24) is 21.3 Å². The van der Waals surface area contributed by atoms with E-state index < -0.39 is 43.4 Å². The molecule has 0 rings (SSSR count). The van der Waals surface area contributed by atoms with Crippen LogP contribution in [-0.4, -0.2) is 240 Å². The van der Waals surface area contributed by atoms with Crippen LogP contribution in [0, 0.1) is 0 Å². The summed E-state index contributed by atoms with van der Waals surface area (Å²) in [5.41, 5.74) is 0. The first-order valence-corrected chi connectivity index (χ1v) is 26.8. The number of hydrogen-bond donors (Lipinski definition) is 4. The summed E-state index contributed by atoms with van der Waals surface area (Å²) in [5.74, 6) is -1.93. The third-order valence-corrected chi connectivity index (χ3v) is 14.4. The van der Waals surface area contributed by atoms with Crippen molar-refractivity contribution in [3.05, 3.63) is 0 Å². The third kappa shape index (κ3) is 35.0. The van der Waals surface area contributed by atoms with Gasteiger partial charge in [0.1, 0.15) is 46.4 Å². The van der Waals surface area contributed by atoms with Gasteiger partial charge >= 0.3 is 0 Å². The smallest absolute Gasteiger partial charge is 0.220 e. The molecular weight excluding hydrogens is 955 g/mol. The zero-order valence-electron chi connectivity index (χ0n) is 40.1. The minimum atomic E-state index is -4.66. The first kappa shape index (κ1) is 63.8. The van der Waals surface area contributed by atoms with Gasteiger partial charge in [-0.05, 0) is 32.6 Å². The maximum Gasteiger partial charge on any atom is 0.220 e. The maximum atomic E-state index is 12.5. The fourth-order valence-electron chi connectivity index (χ4n) is 6.58. The first-order valence-electron chi connectivity index (χ1n) is 21.7. The molecule has 0 aliphatic rings. The lowest BCUT2D eigenvalue weighted by atomic mass is 10.2. The van der Waals surface area contributed by atoms with Crippen LogP contribution in [0.4, 0.5) is 0 Å². The molecule has 0 aromatic rings. The van der Waals surface area contributed by atoms with E-state index in [2.05, 4.69) is 44.6 Å². The molecule has 0 radical (unpaired) electrons. The molecule has 0 aromatic heterocycles. The number of unbranched alkanes of at least 4 members (excludes halogenated alkanes) is 2. The number of hydrogen-bond acceptors (Lipinski definition) is 17. The van der Waals surface area contributed by atoms with Crippen molar-refractivity contribution in [3.8, 4) is 0 Å². The average molecular weight is 1030 g/mol. The van der Waals surface area contributed by atoms with E-state index in [4.69, 9.17) is 4.18 Å². The third-order valence-electron chi connectivity index (χ3n) is 11.2. The lowest BCUT2D eigenvalue weighted by Gasteiger charge is -2.38. The molecule has 0 heterocycles. The molecule has 25 nitrogen and oxygen atoms in total. The topological polar surface area (TPSA) is 322 Å². The largest absolute Gasteiger partial charge is 0.750 e. The number of quaternary nitrogens is 5. The molecule has 390 valence electrons. The highest BCUT2D eigenvalue weighted by Crippen LogP contribution is 2.13. The Morgan fingerprint density at radius 1 is 0.561 bits per heavy atom. The number of carbonyl (C=O) groups is 4. The minimum absolute atomic E-state index is 0.00622. The van der Waals surface area contributed by atoms with Crippen molar-refractivity contribution >= 4 is 67.3 Å². The molecule has 4 atom stereocenters. The summed E-state index contributed by atoms with van der Waals surface area (Å²) in [6.45, 7) is 6.67. The normalized spacial score (nSPS) is 15.8. The highest BCUT2D eigenvalue weighted by molar-refractivity contribution is 7.94. The van der Waals surface area contributed by atoms with E-state index in [-0.39, 0.29) is 122 Å². The molecule has 0 aromatic carbocycles. The second-order valence-corrected chi connectivity index (χ2v) is 22.9. The van der Waals surface area contributed by atoms with Crippen LogP contribution in [0.3, 0.4) is 0 Å². The van der Waals surface area contributed by atoms with Gasteiger partial charge in [0.2, 0.25) is 23.6 Å². The van der Waals surface area contributed by atoms with Crippen molar-refractivity contribution in [1.29, 1.82) is 0 Å². The monoisotopic (exact) mass is 1030 g/mol. The van der Waals surface area contributed by atoms with Crippen LogP contribution in [0.1, 0.15) is 58.3 Å². The van der Waals surface area contributed by atoms with E-state index >= 15 is 0 Å². The van der Waals surface area contributed by atoms with Gasteiger partial charge in [-0.2, -0.15) is 4.33 Å². The molecule has 0 aliphatic carbocycles. The molecule has 29 heteroatoms. The molecule has 4 N–H and O–H groups in total. The van der Waals surface area contributed by atoms with Crippen LogP contribution in [0.5, 0.6) is 0 Å². The lowest BCUT2D eigenvalue weighted by Crippen LogP contribution is -2.56. The van der Waals surface area contributed by atoms with E-state index in [9.17, 15) is 59.1 Å². The van der Waals surface area contributed by atoms with E-state index in [1.165, 1.54) is 7.05 Å². The minimum Gasteiger partial charge on any atom is -0.750 e. The van der Waals surface area contributed by atoms with Gasteiger partial charge in [0, 0.05) is 25.7 Å². The van der Waals surface area contributed by atoms with Crippen molar-refractivity contribution in [2.45, 2.75) is 58.3 Å². The maximum absolute atomic E-state index is 12.5. The van der Waals surface area contributed by atoms with Gasteiger partial charge < -0.3 is 58.1 Å². The van der Waals surface area contributed by atoms with E-state index in [0.717, 1.165) is 42.7 Å². The molecule has 0 spiro atoms. The van der Waals surface area contributed by atoms with Gasteiger partial charge in [-0.1, -0.05) is 0 Å². The molecule has 0 saturated carbocycles. The van der Waals surface area contributed by atoms with Crippen LogP contribution in [-0.2, 0) is 64.3 Å². The summed E-state index contributed by atoms with van der Waals surface area (Å²) in [6, 6.07) is 0. The predicted molar refractivity (Wildman–Crippen MR) is 240 cm³/mol. The highest BCUT2D eigenvalue weighted by atomic mass is 32.2. The number of amides is 4. The summed E-state index contributed by atoms with van der Waals surface area (Å²) in [4.78, 5) is 50.0. The first-order chi connectivity index (χ1) is 30.4. The zero-order chi connectivity index (χ0) is 50.7. The van der Waals surface area contributed by atoms with Gasteiger partial charge in [-0.15, -0.1) is 0 Å². The Morgan fingerprint density at radius 2 is 0.924 bits per heavy atom. The fourth-order valence-corrected chi connectivity index (χ4v) is 9.43.